The molecule has 0 spiro atoms. The summed E-state index contributed by atoms with van der Waals surface area (Å²) in [4.78, 5) is 14.5. The molecule has 3 aromatic carbocycles. The van der Waals surface area contributed by atoms with Gasteiger partial charge < -0.3 is 33.1 Å². The van der Waals surface area contributed by atoms with Gasteiger partial charge in [0, 0.05) is 0 Å². The molecule has 256 valence electrons. The normalized spacial score (nSPS) is 20.2. The molecule has 0 aliphatic heterocycles. The van der Waals surface area contributed by atoms with Gasteiger partial charge in [-0.15, -0.1) is 0 Å². The van der Waals surface area contributed by atoms with Gasteiger partial charge >= 0.3 is 7.60 Å². The lowest BCUT2D eigenvalue weighted by Crippen LogP contribution is -2.38. The molecule has 7 rings (SSSR count). The van der Waals surface area contributed by atoms with Crippen LogP contribution in [0, 0.1) is 5.92 Å². The average molecular weight is 684 g/mol. The third kappa shape index (κ3) is 6.10. The number of hydrogen-bond donors (Lipinski definition) is 1. The van der Waals surface area contributed by atoms with Crippen LogP contribution in [0.5, 0.6) is 11.5 Å². The molecule has 2 fully saturated rings. The minimum absolute atomic E-state index is 0.0542. The van der Waals surface area contributed by atoms with Crippen LogP contribution in [0.25, 0.3) is 11.2 Å². The SMILES string of the molecule is CCOP(=O)(CO[C@H]1C[C@@H]2C[C@]2(n2cnc3c(NC(c4ccccc4)(c4ccc(OC)cc4)c4ccc(OC)cc4)ncnc32)C1)OCC. The number of nitrogens with zero attached hydrogens (tertiary/aromatic N) is 4. The van der Waals surface area contributed by atoms with Crippen LogP contribution in [0.3, 0.4) is 0 Å². The molecular weight excluding hydrogens is 641 g/mol. The van der Waals surface area contributed by atoms with E-state index in [4.69, 9.17) is 38.2 Å². The number of fused-ring (bicyclic) bond motifs is 2. The summed E-state index contributed by atoms with van der Waals surface area (Å²) in [6.45, 7) is 4.21. The van der Waals surface area contributed by atoms with E-state index in [1.165, 1.54) is 0 Å². The van der Waals surface area contributed by atoms with Crippen LogP contribution in [0.1, 0.15) is 49.8 Å². The first-order valence-electron chi connectivity index (χ1n) is 16.7. The van der Waals surface area contributed by atoms with E-state index in [1.54, 1.807) is 34.4 Å². The summed E-state index contributed by atoms with van der Waals surface area (Å²) < 4.78 is 43.4. The van der Waals surface area contributed by atoms with Gasteiger partial charge in [-0.2, -0.15) is 0 Å². The molecule has 5 aromatic rings. The van der Waals surface area contributed by atoms with E-state index in [1.807, 2.05) is 48.8 Å². The van der Waals surface area contributed by atoms with E-state index in [9.17, 15) is 4.57 Å². The molecule has 3 atom stereocenters. The van der Waals surface area contributed by atoms with Crippen molar-refractivity contribution in [2.75, 3.05) is 39.1 Å². The number of aromatic nitrogens is 4. The number of ether oxygens (including phenoxy) is 3. The lowest BCUT2D eigenvalue weighted by Gasteiger charge is -2.37. The highest BCUT2D eigenvalue weighted by atomic mass is 31.2. The van der Waals surface area contributed by atoms with Crippen LogP contribution in [0.15, 0.2) is 91.5 Å². The molecule has 2 aromatic heterocycles. The molecule has 0 radical (unpaired) electrons. The van der Waals surface area contributed by atoms with Crippen molar-refractivity contribution in [3.05, 3.63) is 108 Å². The van der Waals surface area contributed by atoms with Crippen LogP contribution >= 0.6 is 7.60 Å². The van der Waals surface area contributed by atoms with Crippen molar-refractivity contribution in [2.45, 2.75) is 50.3 Å². The first-order valence-corrected chi connectivity index (χ1v) is 18.4. The maximum Gasteiger partial charge on any atom is 0.356 e. The summed E-state index contributed by atoms with van der Waals surface area (Å²) in [5.74, 6) is 2.54. The average Bonchev–Trinajstić information content (AvgIpc) is 3.44. The third-order valence-electron chi connectivity index (χ3n) is 9.82. The predicted octanol–water partition coefficient (Wildman–Crippen LogP) is 7.37. The van der Waals surface area contributed by atoms with Crippen molar-refractivity contribution in [2.24, 2.45) is 5.92 Å². The highest BCUT2D eigenvalue weighted by Crippen LogP contribution is 2.63. The topological polar surface area (TPSA) is 119 Å². The lowest BCUT2D eigenvalue weighted by atomic mass is 9.77. The summed E-state index contributed by atoms with van der Waals surface area (Å²) in [5.41, 5.74) is 3.38. The first-order chi connectivity index (χ1) is 23.9. The Hall–Kier alpha value is -4.28. The summed E-state index contributed by atoms with van der Waals surface area (Å²) in [5, 5.41) is 3.87. The molecule has 0 bridgehead atoms. The fraction of sp³-hybridized carbons (Fsp3) is 0.378. The van der Waals surface area contributed by atoms with E-state index in [2.05, 4.69) is 46.3 Å². The fourth-order valence-corrected chi connectivity index (χ4v) is 8.86. The van der Waals surface area contributed by atoms with Crippen LogP contribution in [-0.4, -0.2) is 59.4 Å². The Morgan fingerprint density at radius 2 is 1.45 bits per heavy atom. The largest absolute Gasteiger partial charge is 0.497 e. The number of rotatable bonds is 15. The van der Waals surface area contributed by atoms with Crippen molar-refractivity contribution in [1.29, 1.82) is 0 Å². The summed E-state index contributed by atoms with van der Waals surface area (Å²) >= 11 is 0. The second-order valence-corrected chi connectivity index (χ2v) is 14.5. The summed E-state index contributed by atoms with van der Waals surface area (Å²) in [6, 6.07) is 26.5. The fourth-order valence-electron chi connectivity index (χ4n) is 7.45. The zero-order chi connectivity index (χ0) is 34.1. The van der Waals surface area contributed by atoms with Gasteiger partial charge in [0.05, 0.1) is 45.4 Å². The predicted molar refractivity (Wildman–Crippen MR) is 187 cm³/mol. The Morgan fingerprint density at radius 3 is 2.04 bits per heavy atom. The Bertz CT molecular complexity index is 1880. The molecule has 0 saturated heterocycles. The number of anilines is 1. The van der Waals surface area contributed by atoms with E-state index < -0.39 is 13.1 Å². The van der Waals surface area contributed by atoms with Crippen molar-refractivity contribution in [3.8, 4) is 11.5 Å². The van der Waals surface area contributed by atoms with Gasteiger partial charge in [-0.05, 0) is 80.0 Å². The Kier molecular flexibility index (Phi) is 9.19. The molecule has 2 saturated carbocycles. The van der Waals surface area contributed by atoms with Gasteiger partial charge in [0.1, 0.15) is 35.2 Å². The highest BCUT2D eigenvalue weighted by Gasteiger charge is 2.62. The van der Waals surface area contributed by atoms with Crippen LogP contribution in [0.2, 0.25) is 0 Å². The Labute approximate surface area is 286 Å². The number of methoxy groups -OCH3 is 2. The number of nitrogens with one attached hydrogen (secondary N) is 1. The monoisotopic (exact) mass is 683 g/mol. The quantitative estimate of drug-likeness (QED) is 0.0885. The molecule has 12 heteroatoms. The van der Waals surface area contributed by atoms with Gasteiger partial charge in [-0.25, -0.2) is 15.0 Å². The van der Waals surface area contributed by atoms with Crippen LogP contribution in [0.4, 0.5) is 5.82 Å². The van der Waals surface area contributed by atoms with E-state index in [-0.39, 0.29) is 18.0 Å². The molecule has 0 amide bonds. The smallest absolute Gasteiger partial charge is 0.356 e. The second-order valence-electron chi connectivity index (χ2n) is 12.5. The highest BCUT2D eigenvalue weighted by molar-refractivity contribution is 7.53. The minimum Gasteiger partial charge on any atom is -0.497 e. The van der Waals surface area contributed by atoms with Crippen molar-refractivity contribution >= 4 is 24.6 Å². The van der Waals surface area contributed by atoms with Gasteiger partial charge in [0.15, 0.2) is 11.5 Å². The second kappa shape index (κ2) is 13.6. The van der Waals surface area contributed by atoms with Crippen LogP contribution in [-0.2, 0) is 29.4 Å². The van der Waals surface area contributed by atoms with E-state index >= 15 is 0 Å². The maximum atomic E-state index is 13.0. The number of imidazole rings is 1. The van der Waals surface area contributed by atoms with Crippen molar-refractivity contribution in [3.63, 3.8) is 0 Å². The van der Waals surface area contributed by atoms with E-state index in [0.717, 1.165) is 53.1 Å². The Balaban J connectivity index is 1.26. The first kappa shape index (κ1) is 33.2. The maximum absolute atomic E-state index is 13.0. The Morgan fingerprint density at radius 1 is 0.837 bits per heavy atom. The van der Waals surface area contributed by atoms with Crippen molar-refractivity contribution in [1.82, 2.24) is 19.5 Å². The third-order valence-corrected chi connectivity index (χ3v) is 11.6. The van der Waals surface area contributed by atoms with Crippen LogP contribution < -0.4 is 14.8 Å². The molecule has 0 unspecified atom stereocenters. The van der Waals surface area contributed by atoms with Gasteiger partial charge in [0.2, 0.25) is 0 Å². The molecule has 49 heavy (non-hydrogen) atoms. The van der Waals surface area contributed by atoms with Gasteiger partial charge in [-0.1, -0.05) is 54.6 Å². The standard InChI is InChI=1S/C37H42N5O6P/c1-5-47-49(43,48-6-2)25-46-32-20-29-21-36(29,22-32)42-24-40-33-34(38-23-39-35(33)42)41-37(26-10-8-7-9-11-26,27-12-16-30(44-3)17-13-27)28-14-18-31(45-4)19-15-28/h7-19,23-24,29,32H,5-6,20-22,25H2,1-4H3,(H,38,39,41)/t29-,32+,36+/m1/s1. The summed E-state index contributed by atoms with van der Waals surface area (Å²) in [6.07, 6.45) is 5.98. The summed E-state index contributed by atoms with van der Waals surface area (Å²) in [7, 11) is 0.0343. The molecule has 2 aliphatic rings. The zero-order valence-corrected chi connectivity index (χ0v) is 29.1. The lowest BCUT2D eigenvalue weighted by molar-refractivity contribution is 0.0586. The van der Waals surface area contributed by atoms with Gasteiger partial charge in [0.25, 0.3) is 0 Å². The molecule has 2 aliphatic carbocycles. The number of hydrogen-bond acceptors (Lipinski definition) is 10. The molecule has 11 nitrogen and oxygen atoms in total. The van der Waals surface area contributed by atoms with Crippen molar-refractivity contribution < 1.29 is 27.8 Å². The number of benzene rings is 3. The van der Waals surface area contributed by atoms with Gasteiger partial charge in [-0.3, -0.25) is 4.57 Å². The molecular formula is C37H42N5O6P. The minimum atomic E-state index is -3.29. The van der Waals surface area contributed by atoms with E-state index in [0.29, 0.717) is 30.5 Å². The zero-order valence-electron chi connectivity index (χ0n) is 28.2. The molecule has 2 heterocycles. The molecule has 1 N–H and O–H groups in total.